The van der Waals surface area contributed by atoms with Gasteiger partial charge in [-0.25, -0.2) is 17.6 Å². The Morgan fingerprint density at radius 2 is 1.56 bits per heavy atom. The first-order valence-corrected chi connectivity index (χ1v) is 8.01. The van der Waals surface area contributed by atoms with E-state index in [0.29, 0.717) is 0 Å². The van der Waals surface area contributed by atoms with Crippen molar-refractivity contribution in [2.45, 2.75) is 33.6 Å². The summed E-state index contributed by atoms with van der Waals surface area (Å²) in [4.78, 5) is 12.1. The number of ether oxygens (including phenoxy) is 1. The molecule has 1 aliphatic carbocycles. The molecule has 1 saturated carbocycles. The van der Waals surface area contributed by atoms with E-state index in [1.165, 1.54) is 13.8 Å². The van der Waals surface area contributed by atoms with Crippen LogP contribution in [-0.4, -0.2) is 12.1 Å². The lowest BCUT2D eigenvalue weighted by atomic mass is 10.1. The van der Waals surface area contributed by atoms with E-state index in [1.807, 2.05) is 0 Å². The smallest absolute Gasteiger partial charge is 0.410 e. The van der Waals surface area contributed by atoms with Crippen LogP contribution < -0.4 is 0 Å². The Morgan fingerprint density at radius 1 is 1.07 bits per heavy atom. The van der Waals surface area contributed by atoms with E-state index in [2.05, 4.69) is 0 Å². The Labute approximate surface area is 154 Å². The molecule has 0 radical (unpaired) electrons. The Hall–Kier alpha value is -1.77. The molecular formula is C17H14ClF7O2. The average molecular weight is 419 g/mol. The van der Waals surface area contributed by atoms with Gasteiger partial charge < -0.3 is 4.74 Å². The van der Waals surface area contributed by atoms with E-state index >= 15 is 0 Å². The van der Waals surface area contributed by atoms with Gasteiger partial charge in [-0.3, -0.25) is 4.79 Å². The number of hydrogen-bond donors (Lipinski definition) is 0. The van der Waals surface area contributed by atoms with Gasteiger partial charge >= 0.3 is 12.1 Å². The lowest BCUT2D eigenvalue weighted by molar-refractivity contribution is -0.147. The topological polar surface area (TPSA) is 26.3 Å². The van der Waals surface area contributed by atoms with Gasteiger partial charge in [0.1, 0.15) is 6.61 Å². The molecule has 2 rings (SSSR count). The molecule has 2 nitrogen and oxygen atoms in total. The first-order valence-electron chi connectivity index (χ1n) is 7.63. The molecule has 1 fully saturated rings. The highest BCUT2D eigenvalue weighted by molar-refractivity contribution is 6.30. The van der Waals surface area contributed by atoms with Crippen LogP contribution in [0.2, 0.25) is 0 Å². The summed E-state index contributed by atoms with van der Waals surface area (Å²) in [5.41, 5.74) is -2.99. The highest BCUT2D eigenvalue weighted by Gasteiger charge is 2.64. The summed E-state index contributed by atoms with van der Waals surface area (Å²) in [5.74, 6) is -9.86. The molecule has 150 valence electrons. The average Bonchev–Trinajstić information content (AvgIpc) is 3.12. The number of carbonyl (C=O) groups excluding carboxylic acids is 1. The molecule has 1 aromatic rings. The second-order valence-electron chi connectivity index (χ2n) is 6.81. The number of alkyl halides is 3. The largest absolute Gasteiger partial charge is 0.460 e. The number of rotatable bonds is 4. The van der Waals surface area contributed by atoms with Crippen molar-refractivity contribution in [3.05, 3.63) is 45.5 Å². The number of esters is 1. The maximum atomic E-state index is 13.8. The highest BCUT2D eigenvalue weighted by atomic mass is 35.5. The molecule has 0 aliphatic heterocycles. The second kappa shape index (κ2) is 7.00. The van der Waals surface area contributed by atoms with Crippen LogP contribution in [0.15, 0.2) is 11.1 Å². The van der Waals surface area contributed by atoms with Crippen LogP contribution in [0.3, 0.4) is 0 Å². The fourth-order valence-electron chi connectivity index (χ4n) is 2.99. The van der Waals surface area contributed by atoms with Gasteiger partial charge in [-0.2, -0.15) is 13.2 Å². The normalized spacial score (nSPS) is 22.0. The van der Waals surface area contributed by atoms with Crippen LogP contribution in [-0.2, 0) is 16.1 Å². The Bertz CT molecular complexity index is 785. The fraction of sp³-hybridized carbons (Fsp3) is 0.471. The summed E-state index contributed by atoms with van der Waals surface area (Å²) in [6.07, 6.45) is -4.84. The molecule has 0 unspecified atom stereocenters. The molecule has 1 aliphatic rings. The van der Waals surface area contributed by atoms with Gasteiger partial charge in [-0.05, 0) is 12.3 Å². The van der Waals surface area contributed by atoms with Gasteiger partial charge in [-0.15, -0.1) is 0 Å². The number of hydrogen-bond acceptors (Lipinski definition) is 2. The van der Waals surface area contributed by atoms with Crippen molar-refractivity contribution in [3.63, 3.8) is 0 Å². The summed E-state index contributed by atoms with van der Waals surface area (Å²) in [5, 5.41) is -0.612. The molecule has 0 aromatic heterocycles. The van der Waals surface area contributed by atoms with E-state index in [-0.39, 0.29) is 6.08 Å². The van der Waals surface area contributed by atoms with Gasteiger partial charge in [0, 0.05) is 22.6 Å². The molecule has 0 heterocycles. The predicted octanol–water partition coefficient (Wildman–Crippen LogP) is 5.55. The van der Waals surface area contributed by atoms with E-state index in [1.54, 1.807) is 0 Å². The molecule has 0 N–H and O–H groups in total. The SMILES string of the molecule is Cc1c(F)c(F)c(COC(=O)[C@@H]2[C@@H](/C(Cl)=C/C(F)(F)F)C2(C)C)c(F)c1F. The lowest BCUT2D eigenvalue weighted by Gasteiger charge is -2.11. The number of halogens is 8. The van der Waals surface area contributed by atoms with Crippen molar-refractivity contribution in [1.29, 1.82) is 0 Å². The van der Waals surface area contributed by atoms with Crippen LogP contribution in [0.1, 0.15) is 25.0 Å². The third-order valence-corrected chi connectivity index (χ3v) is 4.96. The highest BCUT2D eigenvalue weighted by Crippen LogP contribution is 2.63. The Balaban J connectivity index is 2.17. The Kier molecular flexibility index (Phi) is 5.58. The number of allylic oxidation sites excluding steroid dienone is 2. The third kappa shape index (κ3) is 4.07. The standard InChI is InChI=1S/C17H14ClF7O2/c1-6-11(19)13(21)7(14(22)12(6)20)5-27-15(26)10-9(16(10,2)3)8(18)4-17(23,24)25/h4,9-10H,5H2,1-3H3/b8-4-/t9-,10+/m1/s1. The molecule has 27 heavy (non-hydrogen) atoms. The quantitative estimate of drug-likeness (QED) is 0.364. The Morgan fingerprint density at radius 3 is 2.00 bits per heavy atom. The van der Waals surface area contributed by atoms with Crippen molar-refractivity contribution in [1.82, 2.24) is 0 Å². The first kappa shape index (κ1) is 21.5. The van der Waals surface area contributed by atoms with Crippen molar-refractivity contribution in [2.24, 2.45) is 17.3 Å². The van der Waals surface area contributed by atoms with Crippen LogP contribution in [0.5, 0.6) is 0 Å². The van der Waals surface area contributed by atoms with E-state index in [9.17, 15) is 35.5 Å². The van der Waals surface area contributed by atoms with E-state index in [0.717, 1.165) is 6.92 Å². The summed E-state index contributed by atoms with van der Waals surface area (Å²) in [7, 11) is 0. The maximum Gasteiger partial charge on any atom is 0.410 e. The molecule has 0 amide bonds. The minimum atomic E-state index is -4.69. The van der Waals surface area contributed by atoms with Crippen LogP contribution in [0, 0.1) is 47.4 Å². The van der Waals surface area contributed by atoms with Gasteiger partial charge in [0.05, 0.1) is 11.5 Å². The van der Waals surface area contributed by atoms with E-state index < -0.39 is 75.4 Å². The van der Waals surface area contributed by atoms with Crippen molar-refractivity contribution in [2.75, 3.05) is 0 Å². The predicted molar refractivity (Wildman–Crippen MR) is 81.6 cm³/mol. The maximum absolute atomic E-state index is 13.8. The summed E-state index contributed by atoms with van der Waals surface area (Å²) >= 11 is 5.63. The summed E-state index contributed by atoms with van der Waals surface area (Å²) in [6, 6.07) is 0. The minimum absolute atomic E-state index is 0.154. The first-order chi connectivity index (χ1) is 12.2. The van der Waals surface area contributed by atoms with Crippen LogP contribution in [0.4, 0.5) is 30.7 Å². The van der Waals surface area contributed by atoms with Crippen LogP contribution >= 0.6 is 11.6 Å². The molecule has 2 atom stereocenters. The third-order valence-electron chi connectivity index (χ3n) is 4.61. The van der Waals surface area contributed by atoms with Gasteiger partial charge in [-0.1, -0.05) is 25.4 Å². The van der Waals surface area contributed by atoms with Gasteiger partial charge in [0.25, 0.3) is 0 Å². The van der Waals surface area contributed by atoms with E-state index in [4.69, 9.17) is 16.3 Å². The molecule has 10 heteroatoms. The van der Waals surface area contributed by atoms with Crippen LogP contribution in [0.25, 0.3) is 0 Å². The van der Waals surface area contributed by atoms with Crippen molar-refractivity contribution in [3.8, 4) is 0 Å². The molecule has 0 bridgehead atoms. The molecular weight excluding hydrogens is 405 g/mol. The zero-order chi connectivity index (χ0) is 20.9. The molecule has 1 aromatic carbocycles. The van der Waals surface area contributed by atoms with Gasteiger partial charge in [0.2, 0.25) is 0 Å². The lowest BCUT2D eigenvalue weighted by Crippen LogP contribution is -2.14. The second-order valence-corrected chi connectivity index (χ2v) is 7.25. The molecule has 0 spiro atoms. The number of carbonyl (C=O) groups is 1. The molecule has 0 saturated heterocycles. The fourth-order valence-corrected chi connectivity index (χ4v) is 3.52. The zero-order valence-electron chi connectivity index (χ0n) is 14.3. The summed E-state index contributed by atoms with van der Waals surface area (Å²) in [6.45, 7) is 2.63. The van der Waals surface area contributed by atoms with Gasteiger partial charge in [0.15, 0.2) is 23.3 Å². The number of benzene rings is 1. The minimum Gasteiger partial charge on any atom is -0.460 e. The van der Waals surface area contributed by atoms with Crippen molar-refractivity contribution >= 4 is 17.6 Å². The summed E-state index contributed by atoms with van der Waals surface area (Å²) < 4.78 is 96.5. The monoisotopic (exact) mass is 418 g/mol. The zero-order valence-corrected chi connectivity index (χ0v) is 15.0. The van der Waals surface area contributed by atoms with Crippen molar-refractivity contribution < 1.29 is 40.3 Å².